The molecule has 0 amide bonds. The van der Waals surface area contributed by atoms with Gasteiger partial charge in [0.15, 0.2) is 9.84 Å². The van der Waals surface area contributed by atoms with Gasteiger partial charge in [0.2, 0.25) is 0 Å². The van der Waals surface area contributed by atoms with Crippen LogP contribution in [0.2, 0.25) is 0 Å². The van der Waals surface area contributed by atoms with Crippen LogP contribution in [-0.2, 0) is 9.84 Å². The fourth-order valence-electron chi connectivity index (χ4n) is 2.78. The summed E-state index contributed by atoms with van der Waals surface area (Å²) < 4.78 is 40.6. The van der Waals surface area contributed by atoms with Crippen LogP contribution in [0, 0.1) is 0 Å². The summed E-state index contributed by atoms with van der Waals surface area (Å²) in [5.74, 6) is 2.06. The molecule has 0 aliphatic heterocycles. The van der Waals surface area contributed by atoms with E-state index in [9.17, 15) is 8.42 Å². The van der Waals surface area contributed by atoms with Gasteiger partial charge in [-0.2, -0.15) is 0 Å². The first-order valence-corrected chi connectivity index (χ1v) is 10.1. The summed E-state index contributed by atoms with van der Waals surface area (Å²) >= 11 is 0. The minimum Gasteiger partial charge on any atom is -0.497 e. The Balaban J connectivity index is 0.00000300. The van der Waals surface area contributed by atoms with Crippen LogP contribution in [-0.4, -0.2) is 45.5 Å². The van der Waals surface area contributed by atoms with E-state index in [0.29, 0.717) is 39.7 Å². The average Bonchev–Trinajstić information content (AvgIpc) is 2.72. The molecule has 10 heteroatoms. The van der Waals surface area contributed by atoms with Crippen LogP contribution < -0.4 is 19.5 Å². The molecule has 3 rings (SSSR count). The van der Waals surface area contributed by atoms with Crippen molar-refractivity contribution in [2.75, 3.05) is 32.4 Å². The molecule has 3 aromatic rings. The van der Waals surface area contributed by atoms with Crippen molar-refractivity contribution in [2.45, 2.75) is 11.8 Å². The monoisotopic (exact) mass is 439 g/mol. The van der Waals surface area contributed by atoms with Gasteiger partial charge in [0, 0.05) is 12.1 Å². The quantitative estimate of drug-likeness (QED) is 0.595. The Kier molecular flexibility index (Phi) is 7.10. The van der Waals surface area contributed by atoms with Gasteiger partial charge in [-0.05, 0) is 18.2 Å². The third kappa shape index (κ3) is 4.46. The molecule has 0 saturated heterocycles. The molecule has 0 aliphatic carbocycles. The molecular weight excluding hydrogens is 418 g/mol. The summed E-state index contributed by atoms with van der Waals surface area (Å²) in [6.07, 6.45) is 1.41. The van der Waals surface area contributed by atoms with E-state index in [4.69, 9.17) is 14.2 Å². The summed E-state index contributed by atoms with van der Waals surface area (Å²) in [6, 6.07) is 8.15. The number of aromatic nitrogens is 2. The van der Waals surface area contributed by atoms with Crippen molar-refractivity contribution in [1.29, 1.82) is 0 Å². The number of ether oxygens (including phenoxy) is 3. The zero-order valence-electron chi connectivity index (χ0n) is 16.4. The Hall–Kier alpha value is -2.78. The highest BCUT2D eigenvalue weighted by molar-refractivity contribution is 7.91. The molecule has 8 nitrogen and oxygen atoms in total. The number of nitrogens with zero attached hydrogens (tertiary/aromatic N) is 2. The molecule has 0 fully saturated rings. The van der Waals surface area contributed by atoms with Crippen LogP contribution in [0.4, 0.5) is 11.5 Å². The van der Waals surface area contributed by atoms with E-state index in [2.05, 4.69) is 15.3 Å². The maximum absolute atomic E-state index is 12.3. The number of halogens is 1. The highest BCUT2D eigenvalue weighted by atomic mass is 35.5. The van der Waals surface area contributed by atoms with Crippen LogP contribution in [0.3, 0.4) is 0 Å². The second kappa shape index (κ2) is 9.15. The van der Waals surface area contributed by atoms with E-state index in [0.717, 1.165) is 0 Å². The summed E-state index contributed by atoms with van der Waals surface area (Å²) in [5, 5.41) is 3.79. The van der Waals surface area contributed by atoms with Gasteiger partial charge in [-0.3, -0.25) is 0 Å². The Bertz CT molecular complexity index is 1120. The first kappa shape index (κ1) is 22.5. The van der Waals surface area contributed by atoms with E-state index >= 15 is 0 Å². The van der Waals surface area contributed by atoms with E-state index in [1.807, 2.05) is 0 Å². The highest BCUT2D eigenvalue weighted by Crippen LogP contribution is 2.37. The van der Waals surface area contributed by atoms with E-state index in [-0.39, 0.29) is 23.1 Å². The smallest absolute Gasteiger partial charge is 0.178 e. The van der Waals surface area contributed by atoms with Crippen LogP contribution >= 0.6 is 12.4 Å². The van der Waals surface area contributed by atoms with Gasteiger partial charge in [-0.15, -0.1) is 12.4 Å². The first-order valence-electron chi connectivity index (χ1n) is 8.48. The van der Waals surface area contributed by atoms with Gasteiger partial charge < -0.3 is 19.5 Å². The molecule has 0 spiro atoms. The van der Waals surface area contributed by atoms with Gasteiger partial charge in [0.25, 0.3) is 0 Å². The number of hydrogen-bond donors (Lipinski definition) is 1. The number of methoxy groups -OCH3 is 3. The normalized spacial score (nSPS) is 10.9. The summed E-state index contributed by atoms with van der Waals surface area (Å²) in [7, 11) is 1.24. The number of anilines is 2. The zero-order chi connectivity index (χ0) is 20.3. The largest absolute Gasteiger partial charge is 0.497 e. The molecule has 0 aliphatic rings. The number of benzene rings is 2. The molecule has 0 saturated carbocycles. The maximum Gasteiger partial charge on any atom is 0.178 e. The van der Waals surface area contributed by atoms with Crippen molar-refractivity contribution in [3.63, 3.8) is 0 Å². The fourth-order valence-corrected chi connectivity index (χ4v) is 3.68. The van der Waals surface area contributed by atoms with Crippen molar-refractivity contribution >= 4 is 44.7 Å². The second-order valence-electron chi connectivity index (χ2n) is 5.84. The topological polar surface area (TPSA) is 99.6 Å². The van der Waals surface area contributed by atoms with Crippen molar-refractivity contribution < 1.29 is 22.6 Å². The van der Waals surface area contributed by atoms with E-state index < -0.39 is 9.84 Å². The molecule has 0 bridgehead atoms. The number of nitrogens with one attached hydrogen (secondary N) is 1. The van der Waals surface area contributed by atoms with Gasteiger partial charge in [-0.25, -0.2) is 18.4 Å². The Labute approximate surface area is 175 Å². The molecule has 29 heavy (non-hydrogen) atoms. The van der Waals surface area contributed by atoms with E-state index in [1.165, 1.54) is 25.6 Å². The third-order valence-corrected chi connectivity index (χ3v) is 6.03. The summed E-state index contributed by atoms with van der Waals surface area (Å²) in [5.41, 5.74) is 1.08. The zero-order valence-corrected chi connectivity index (χ0v) is 18.1. The summed E-state index contributed by atoms with van der Waals surface area (Å²) in [6.45, 7) is 1.60. The molecule has 0 unspecified atom stereocenters. The number of hydrogen-bond acceptors (Lipinski definition) is 8. The predicted molar refractivity (Wildman–Crippen MR) is 114 cm³/mol. The van der Waals surface area contributed by atoms with Crippen molar-refractivity contribution in [1.82, 2.24) is 9.97 Å². The van der Waals surface area contributed by atoms with Gasteiger partial charge in [0.05, 0.1) is 48.6 Å². The molecular formula is C19H22ClN3O5S. The van der Waals surface area contributed by atoms with Crippen LogP contribution in [0.5, 0.6) is 17.2 Å². The first-order chi connectivity index (χ1) is 13.4. The molecule has 0 radical (unpaired) electrons. The fraction of sp³-hybridized carbons (Fsp3) is 0.263. The summed E-state index contributed by atoms with van der Waals surface area (Å²) in [4.78, 5) is 8.78. The molecule has 1 N–H and O–H groups in total. The Morgan fingerprint density at radius 2 is 1.69 bits per heavy atom. The molecule has 2 aromatic carbocycles. The number of sulfone groups is 1. The highest BCUT2D eigenvalue weighted by Gasteiger charge is 2.17. The molecule has 1 heterocycles. The van der Waals surface area contributed by atoms with Gasteiger partial charge >= 0.3 is 0 Å². The van der Waals surface area contributed by atoms with Crippen LogP contribution in [0.1, 0.15) is 6.92 Å². The lowest BCUT2D eigenvalue weighted by Crippen LogP contribution is -2.06. The van der Waals surface area contributed by atoms with Crippen LogP contribution in [0.15, 0.2) is 41.6 Å². The van der Waals surface area contributed by atoms with Crippen molar-refractivity contribution in [3.05, 3.63) is 36.7 Å². The standard InChI is InChI=1S/C19H21N3O5S.ClH/c1-5-28(23,24)13-6-7-16(26-3)14(10-13)22-19-18-15(20-11-21-19)8-12(25-2)9-17(18)27-4;/h6-11H,5H2,1-4H3,(H,20,21,22);1H. The second-order valence-corrected chi connectivity index (χ2v) is 8.11. The lowest BCUT2D eigenvalue weighted by atomic mass is 10.2. The van der Waals surface area contributed by atoms with Crippen molar-refractivity contribution in [3.8, 4) is 17.2 Å². The minimum atomic E-state index is -3.37. The predicted octanol–water partition coefficient (Wildman–Crippen LogP) is 3.61. The molecule has 156 valence electrons. The Morgan fingerprint density at radius 3 is 2.31 bits per heavy atom. The maximum atomic E-state index is 12.3. The van der Waals surface area contributed by atoms with Crippen LogP contribution in [0.25, 0.3) is 10.9 Å². The number of fused-ring (bicyclic) bond motifs is 1. The van der Waals surface area contributed by atoms with E-state index in [1.54, 1.807) is 39.3 Å². The van der Waals surface area contributed by atoms with Crippen molar-refractivity contribution in [2.24, 2.45) is 0 Å². The molecule has 1 aromatic heterocycles. The van der Waals surface area contributed by atoms with Gasteiger partial charge in [-0.1, -0.05) is 6.92 Å². The average molecular weight is 440 g/mol. The third-order valence-electron chi connectivity index (χ3n) is 4.29. The Morgan fingerprint density at radius 1 is 0.966 bits per heavy atom. The SMILES string of the molecule is CCS(=O)(=O)c1ccc(OC)c(Nc2ncnc3cc(OC)cc(OC)c23)c1.Cl. The lowest BCUT2D eigenvalue weighted by molar-refractivity contribution is 0.398. The lowest BCUT2D eigenvalue weighted by Gasteiger charge is -2.15. The van der Waals surface area contributed by atoms with Gasteiger partial charge in [0.1, 0.15) is 29.4 Å². The minimum absolute atomic E-state index is 0. The number of rotatable bonds is 7. The molecule has 0 atom stereocenters.